The van der Waals surface area contributed by atoms with Crippen molar-refractivity contribution in [1.82, 2.24) is 5.32 Å². The Balaban J connectivity index is 1.72. The number of anilines is 2. The van der Waals surface area contributed by atoms with Gasteiger partial charge in [0.05, 0.1) is 5.56 Å². The average molecular weight is 259 g/mol. The highest BCUT2D eigenvalue weighted by Gasteiger charge is 2.62. The molecule has 102 valence electrons. The standard InChI is InChI=1S/C15H21N3O/c1-16-11-3-4-13(12(7-11)14(19)17-2)18-9-10-8-15(10)5-6-15/h3-4,7,10,16,18H,5-6,8-9H2,1-2H3,(H,17,19). The van der Waals surface area contributed by atoms with Crippen LogP contribution in [0.1, 0.15) is 29.6 Å². The fraction of sp³-hybridized carbons (Fsp3) is 0.533. The molecule has 0 aromatic heterocycles. The maximum Gasteiger partial charge on any atom is 0.253 e. The van der Waals surface area contributed by atoms with Crippen molar-refractivity contribution in [2.45, 2.75) is 19.3 Å². The van der Waals surface area contributed by atoms with Crippen molar-refractivity contribution >= 4 is 17.3 Å². The SMILES string of the molecule is CNC(=O)c1cc(NC)ccc1NCC1CC12CC2. The normalized spacial score (nSPS) is 21.9. The van der Waals surface area contributed by atoms with Gasteiger partial charge in [0.1, 0.15) is 0 Å². The smallest absolute Gasteiger partial charge is 0.253 e. The van der Waals surface area contributed by atoms with E-state index in [1.165, 1.54) is 19.3 Å². The van der Waals surface area contributed by atoms with Gasteiger partial charge in [-0.05, 0) is 48.8 Å². The molecule has 0 aliphatic heterocycles. The van der Waals surface area contributed by atoms with Crippen LogP contribution in [-0.4, -0.2) is 26.5 Å². The summed E-state index contributed by atoms with van der Waals surface area (Å²) < 4.78 is 0. The van der Waals surface area contributed by atoms with Crippen molar-refractivity contribution in [1.29, 1.82) is 0 Å². The molecule has 2 saturated carbocycles. The number of benzene rings is 1. The molecule has 1 unspecified atom stereocenters. The summed E-state index contributed by atoms with van der Waals surface area (Å²) in [6.45, 7) is 0.989. The van der Waals surface area contributed by atoms with Crippen LogP contribution >= 0.6 is 0 Å². The molecule has 19 heavy (non-hydrogen) atoms. The quantitative estimate of drug-likeness (QED) is 0.760. The van der Waals surface area contributed by atoms with Gasteiger partial charge in [0.15, 0.2) is 0 Å². The highest BCUT2D eigenvalue weighted by Crippen LogP contribution is 2.70. The van der Waals surface area contributed by atoms with E-state index < -0.39 is 0 Å². The van der Waals surface area contributed by atoms with Crippen LogP contribution in [0, 0.1) is 11.3 Å². The molecule has 1 amide bonds. The lowest BCUT2D eigenvalue weighted by atomic mass is 10.1. The van der Waals surface area contributed by atoms with Crippen LogP contribution < -0.4 is 16.0 Å². The maximum atomic E-state index is 11.9. The molecule has 2 aliphatic carbocycles. The fourth-order valence-electron chi connectivity index (χ4n) is 2.90. The van der Waals surface area contributed by atoms with Gasteiger partial charge in [-0.25, -0.2) is 0 Å². The van der Waals surface area contributed by atoms with Gasteiger partial charge in [0.25, 0.3) is 5.91 Å². The van der Waals surface area contributed by atoms with E-state index in [9.17, 15) is 4.79 Å². The minimum atomic E-state index is -0.0449. The van der Waals surface area contributed by atoms with Gasteiger partial charge in [-0.15, -0.1) is 0 Å². The Labute approximate surface area is 114 Å². The first-order valence-corrected chi connectivity index (χ1v) is 6.96. The topological polar surface area (TPSA) is 53.2 Å². The molecular weight excluding hydrogens is 238 g/mol. The summed E-state index contributed by atoms with van der Waals surface area (Å²) in [7, 11) is 3.52. The lowest BCUT2D eigenvalue weighted by Gasteiger charge is -2.13. The van der Waals surface area contributed by atoms with Gasteiger partial charge in [0.2, 0.25) is 0 Å². The molecule has 1 aromatic rings. The van der Waals surface area contributed by atoms with E-state index in [-0.39, 0.29) is 5.91 Å². The van der Waals surface area contributed by atoms with E-state index in [1.54, 1.807) is 7.05 Å². The predicted molar refractivity (Wildman–Crippen MR) is 77.6 cm³/mol. The van der Waals surface area contributed by atoms with Crippen LogP contribution in [0.5, 0.6) is 0 Å². The van der Waals surface area contributed by atoms with Crippen molar-refractivity contribution in [3.63, 3.8) is 0 Å². The highest BCUT2D eigenvalue weighted by molar-refractivity contribution is 6.00. The number of hydrogen-bond donors (Lipinski definition) is 3. The van der Waals surface area contributed by atoms with Gasteiger partial charge in [-0.2, -0.15) is 0 Å². The maximum absolute atomic E-state index is 11.9. The summed E-state index contributed by atoms with van der Waals surface area (Å²) in [4.78, 5) is 11.9. The summed E-state index contributed by atoms with van der Waals surface area (Å²) in [5.41, 5.74) is 3.29. The minimum absolute atomic E-state index is 0.0449. The first-order valence-electron chi connectivity index (χ1n) is 6.96. The minimum Gasteiger partial charge on any atom is -0.388 e. The van der Waals surface area contributed by atoms with Crippen LogP contribution in [0.3, 0.4) is 0 Å². The molecule has 3 rings (SSSR count). The number of nitrogens with one attached hydrogen (secondary N) is 3. The second-order valence-corrected chi connectivity index (χ2v) is 5.73. The zero-order valence-corrected chi connectivity index (χ0v) is 11.5. The molecule has 3 N–H and O–H groups in total. The lowest BCUT2D eigenvalue weighted by Crippen LogP contribution is -2.20. The molecule has 4 heteroatoms. The molecular formula is C15H21N3O. The van der Waals surface area contributed by atoms with Gasteiger partial charge in [-0.1, -0.05) is 0 Å². The Morgan fingerprint density at radius 2 is 2.16 bits per heavy atom. The third kappa shape index (κ3) is 2.27. The van der Waals surface area contributed by atoms with E-state index in [0.29, 0.717) is 11.0 Å². The number of carbonyl (C=O) groups excluding carboxylic acids is 1. The Kier molecular flexibility index (Phi) is 2.88. The first-order chi connectivity index (χ1) is 9.18. The summed E-state index contributed by atoms with van der Waals surface area (Å²) >= 11 is 0. The van der Waals surface area contributed by atoms with E-state index in [2.05, 4.69) is 16.0 Å². The van der Waals surface area contributed by atoms with E-state index in [1.807, 2.05) is 25.2 Å². The second kappa shape index (κ2) is 4.44. The van der Waals surface area contributed by atoms with Crippen molar-refractivity contribution in [2.75, 3.05) is 31.3 Å². The van der Waals surface area contributed by atoms with Gasteiger partial charge in [0, 0.05) is 32.0 Å². The van der Waals surface area contributed by atoms with Crippen molar-refractivity contribution < 1.29 is 4.79 Å². The Hall–Kier alpha value is -1.71. The molecule has 0 heterocycles. The van der Waals surface area contributed by atoms with Crippen LogP contribution in [0.15, 0.2) is 18.2 Å². The Morgan fingerprint density at radius 3 is 2.74 bits per heavy atom. The van der Waals surface area contributed by atoms with Crippen molar-refractivity contribution in [2.24, 2.45) is 11.3 Å². The van der Waals surface area contributed by atoms with Crippen molar-refractivity contribution in [3.05, 3.63) is 23.8 Å². The molecule has 1 atom stereocenters. The summed E-state index contributed by atoms with van der Waals surface area (Å²) in [6.07, 6.45) is 4.17. The molecule has 0 bridgehead atoms. The average Bonchev–Trinajstić information content (AvgIpc) is 3.36. The molecule has 0 saturated heterocycles. The van der Waals surface area contributed by atoms with Gasteiger partial charge < -0.3 is 16.0 Å². The number of rotatable bonds is 5. The summed E-state index contributed by atoms with van der Waals surface area (Å²) in [6, 6.07) is 5.87. The third-order valence-corrected chi connectivity index (χ3v) is 4.57. The fourth-order valence-corrected chi connectivity index (χ4v) is 2.90. The monoisotopic (exact) mass is 259 g/mol. The number of carbonyl (C=O) groups is 1. The second-order valence-electron chi connectivity index (χ2n) is 5.73. The molecule has 2 aliphatic rings. The third-order valence-electron chi connectivity index (χ3n) is 4.57. The number of amides is 1. The van der Waals surface area contributed by atoms with Gasteiger partial charge in [-0.3, -0.25) is 4.79 Å². The summed E-state index contributed by atoms with van der Waals surface area (Å²) in [5, 5.41) is 9.21. The molecule has 4 nitrogen and oxygen atoms in total. The lowest BCUT2D eigenvalue weighted by molar-refractivity contribution is 0.0964. The zero-order chi connectivity index (χ0) is 13.5. The van der Waals surface area contributed by atoms with Crippen molar-refractivity contribution in [3.8, 4) is 0 Å². The number of hydrogen-bond acceptors (Lipinski definition) is 3. The molecule has 0 radical (unpaired) electrons. The van der Waals surface area contributed by atoms with Gasteiger partial charge >= 0.3 is 0 Å². The highest BCUT2D eigenvalue weighted by atomic mass is 16.1. The largest absolute Gasteiger partial charge is 0.388 e. The molecule has 1 aromatic carbocycles. The zero-order valence-electron chi connectivity index (χ0n) is 11.5. The summed E-state index contributed by atoms with van der Waals surface area (Å²) in [5.74, 6) is 0.769. The molecule has 1 spiro atoms. The van der Waals surface area contributed by atoms with E-state index in [4.69, 9.17) is 0 Å². The van der Waals surface area contributed by atoms with Crippen LogP contribution in [-0.2, 0) is 0 Å². The first kappa shape index (κ1) is 12.3. The van der Waals surface area contributed by atoms with Crippen LogP contribution in [0.4, 0.5) is 11.4 Å². The van der Waals surface area contributed by atoms with Crippen LogP contribution in [0.2, 0.25) is 0 Å². The Morgan fingerprint density at radius 1 is 1.37 bits per heavy atom. The molecule has 2 fully saturated rings. The van der Waals surface area contributed by atoms with Crippen LogP contribution in [0.25, 0.3) is 0 Å². The van der Waals surface area contributed by atoms with E-state index in [0.717, 1.165) is 23.8 Å². The Bertz CT molecular complexity index is 508. The van der Waals surface area contributed by atoms with E-state index >= 15 is 0 Å². The predicted octanol–water partition coefficient (Wildman–Crippen LogP) is 2.30.